The van der Waals surface area contributed by atoms with Crippen LogP contribution in [0.1, 0.15) is 31.4 Å². The van der Waals surface area contributed by atoms with Gasteiger partial charge >= 0.3 is 0 Å². The van der Waals surface area contributed by atoms with E-state index in [2.05, 4.69) is 29.7 Å². The van der Waals surface area contributed by atoms with Gasteiger partial charge in [0.15, 0.2) is 0 Å². The lowest BCUT2D eigenvalue weighted by Crippen LogP contribution is -2.50. The molecule has 0 amide bonds. The molecule has 4 nitrogen and oxygen atoms in total. The van der Waals surface area contributed by atoms with Gasteiger partial charge in [0.05, 0.1) is 20.3 Å². The molecule has 3 rings (SSSR count). The highest BCUT2D eigenvalue weighted by molar-refractivity contribution is 5.29. The van der Waals surface area contributed by atoms with E-state index in [1.165, 1.54) is 18.4 Å². The van der Waals surface area contributed by atoms with Crippen molar-refractivity contribution in [2.45, 2.75) is 31.8 Å². The molecule has 0 aliphatic carbocycles. The van der Waals surface area contributed by atoms with Crippen molar-refractivity contribution in [1.82, 2.24) is 10.6 Å². The van der Waals surface area contributed by atoms with Gasteiger partial charge in [0, 0.05) is 17.5 Å². The average molecular weight is 290 g/mol. The Bertz CT molecular complexity index is 454. The summed E-state index contributed by atoms with van der Waals surface area (Å²) in [6, 6.07) is 9.12. The zero-order valence-electron chi connectivity index (χ0n) is 13.0. The Hall–Kier alpha value is -1.10. The van der Waals surface area contributed by atoms with E-state index < -0.39 is 0 Å². The summed E-state index contributed by atoms with van der Waals surface area (Å²) in [6.45, 7) is 6.19. The first-order valence-corrected chi connectivity index (χ1v) is 7.92. The van der Waals surface area contributed by atoms with Crippen LogP contribution in [0.3, 0.4) is 0 Å². The fraction of sp³-hybridized carbons (Fsp3) is 0.647. The number of benzene rings is 1. The van der Waals surface area contributed by atoms with Crippen LogP contribution in [0.2, 0.25) is 0 Å². The molecule has 1 spiro atoms. The van der Waals surface area contributed by atoms with Crippen molar-refractivity contribution < 1.29 is 9.47 Å². The van der Waals surface area contributed by atoms with Gasteiger partial charge in [-0.15, -0.1) is 0 Å². The monoisotopic (exact) mass is 290 g/mol. The standard InChI is InChI=1S/C17H26N2O2/c1-13(14-3-5-15(20-2)6-4-14)19-16-11-21-12-17(16)7-9-18-10-8-17/h3-6,13,16,18-19H,7-12H2,1-2H3/t13-,16-/m1/s1. The van der Waals surface area contributed by atoms with E-state index in [4.69, 9.17) is 9.47 Å². The Labute approximate surface area is 127 Å². The predicted molar refractivity (Wildman–Crippen MR) is 83.7 cm³/mol. The van der Waals surface area contributed by atoms with Crippen LogP contribution in [0.25, 0.3) is 0 Å². The molecule has 2 fully saturated rings. The van der Waals surface area contributed by atoms with Crippen LogP contribution >= 0.6 is 0 Å². The molecule has 2 heterocycles. The fourth-order valence-electron chi connectivity index (χ4n) is 3.59. The van der Waals surface area contributed by atoms with Crippen LogP contribution in [-0.4, -0.2) is 39.5 Å². The van der Waals surface area contributed by atoms with E-state index in [1.54, 1.807) is 7.11 Å². The third-order valence-electron chi connectivity index (χ3n) is 5.08. The summed E-state index contributed by atoms with van der Waals surface area (Å²) >= 11 is 0. The second-order valence-electron chi connectivity index (χ2n) is 6.34. The van der Waals surface area contributed by atoms with E-state index in [1.807, 2.05) is 12.1 Å². The minimum atomic E-state index is 0.325. The van der Waals surface area contributed by atoms with E-state index >= 15 is 0 Å². The molecular formula is C17H26N2O2. The first-order chi connectivity index (χ1) is 10.2. The second kappa shape index (κ2) is 6.34. The van der Waals surface area contributed by atoms with Crippen molar-refractivity contribution in [3.05, 3.63) is 29.8 Å². The highest BCUT2D eigenvalue weighted by atomic mass is 16.5. The zero-order valence-corrected chi connectivity index (χ0v) is 13.0. The van der Waals surface area contributed by atoms with Gasteiger partial charge in [-0.2, -0.15) is 0 Å². The van der Waals surface area contributed by atoms with E-state index in [0.717, 1.165) is 32.1 Å². The SMILES string of the molecule is COc1ccc([C@@H](C)N[C@@H]2COCC23CCNCC3)cc1. The van der Waals surface area contributed by atoms with E-state index in [9.17, 15) is 0 Å². The lowest BCUT2D eigenvalue weighted by atomic mass is 9.75. The number of hydrogen-bond donors (Lipinski definition) is 2. The summed E-state index contributed by atoms with van der Waals surface area (Å²) in [5.74, 6) is 0.907. The van der Waals surface area contributed by atoms with Crippen LogP contribution in [0, 0.1) is 5.41 Å². The van der Waals surface area contributed by atoms with Crippen LogP contribution in [-0.2, 0) is 4.74 Å². The van der Waals surface area contributed by atoms with Gasteiger partial charge in [-0.25, -0.2) is 0 Å². The quantitative estimate of drug-likeness (QED) is 0.891. The van der Waals surface area contributed by atoms with Crippen molar-refractivity contribution in [1.29, 1.82) is 0 Å². The number of rotatable bonds is 4. The summed E-state index contributed by atoms with van der Waals surface area (Å²) in [5, 5.41) is 7.26. The molecular weight excluding hydrogens is 264 g/mol. The molecule has 0 bridgehead atoms. The second-order valence-corrected chi connectivity index (χ2v) is 6.34. The van der Waals surface area contributed by atoms with Gasteiger partial charge in [-0.05, 0) is 50.6 Å². The van der Waals surface area contributed by atoms with Crippen LogP contribution in [0.4, 0.5) is 0 Å². The maximum absolute atomic E-state index is 5.81. The normalized spacial score (nSPS) is 25.9. The largest absolute Gasteiger partial charge is 0.497 e. The number of piperidine rings is 1. The van der Waals surface area contributed by atoms with Crippen molar-refractivity contribution in [3.63, 3.8) is 0 Å². The molecule has 1 aromatic rings. The topological polar surface area (TPSA) is 42.5 Å². The lowest BCUT2D eigenvalue weighted by molar-refractivity contribution is 0.122. The molecule has 2 atom stereocenters. The molecule has 0 unspecified atom stereocenters. The van der Waals surface area contributed by atoms with Gasteiger partial charge in [0.2, 0.25) is 0 Å². The highest BCUT2D eigenvalue weighted by Crippen LogP contribution is 2.38. The lowest BCUT2D eigenvalue weighted by Gasteiger charge is -2.39. The number of ether oxygens (including phenoxy) is 2. The predicted octanol–water partition coefficient (Wildman–Crippen LogP) is 2.11. The van der Waals surface area contributed by atoms with Gasteiger partial charge in [-0.1, -0.05) is 12.1 Å². The first-order valence-electron chi connectivity index (χ1n) is 7.92. The van der Waals surface area contributed by atoms with Gasteiger partial charge in [-0.3, -0.25) is 0 Å². The van der Waals surface area contributed by atoms with Crippen molar-refractivity contribution in [2.75, 3.05) is 33.4 Å². The molecule has 0 radical (unpaired) electrons. The maximum Gasteiger partial charge on any atom is 0.118 e. The Kier molecular flexibility index (Phi) is 4.48. The summed E-state index contributed by atoms with van der Waals surface area (Å²) in [7, 11) is 1.70. The minimum absolute atomic E-state index is 0.325. The first kappa shape index (κ1) is 14.8. The number of hydrogen-bond acceptors (Lipinski definition) is 4. The fourth-order valence-corrected chi connectivity index (χ4v) is 3.59. The molecule has 21 heavy (non-hydrogen) atoms. The number of nitrogens with one attached hydrogen (secondary N) is 2. The third-order valence-corrected chi connectivity index (χ3v) is 5.08. The molecule has 116 valence electrons. The summed E-state index contributed by atoms with van der Waals surface area (Å²) in [4.78, 5) is 0. The van der Waals surface area contributed by atoms with E-state index in [-0.39, 0.29) is 0 Å². The molecule has 0 saturated carbocycles. The molecule has 0 aromatic heterocycles. The zero-order chi connectivity index (χ0) is 14.7. The van der Waals surface area contributed by atoms with Crippen LogP contribution in [0.5, 0.6) is 5.75 Å². The summed E-state index contributed by atoms with van der Waals surface area (Å²) < 4.78 is 11.0. The van der Waals surface area contributed by atoms with Crippen LogP contribution < -0.4 is 15.4 Å². The maximum atomic E-state index is 5.81. The Morgan fingerprint density at radius 2 is 2.00 bits per heavy atom. The summed E-state index contributed by atoms with van der Waals surface area (Å²) in [6.07, 6.45) is 2.42. The highest BCUT2D eigenvalue weighted by Gasteiger charge is 2.44. The molecule has 2 aliphatic heterocycles. The van der Waals surface area contributed by atoms with Gasteiger partial charge in [0.1, 0.15) is 5.75 Å². The van der Waals surface area contributed by atoms with Crippen LogP contribution in [0.15, 0.2) is 24.3 Å². The molecule has 2 saturated heterocycles. The minimum Gasteiger partial charge on any atom is -0.497 e. The summed E-state index contributed by atoms with van der Waals surface area (Å²) in [5.41, 5.74) is 1.62. The van der Waals surface area contributed by atoms with Crippen molar-refractivity contribution in [3.8, 4) is 5.75 Å². The molecule has 4 heteroatoms. The van der Waals surface area contributed by atoms with E-state index in [0.29, 0.717) is 17.5 Å². The average Bonchev–Trinajstić information content (AvgIpc) is 2.90. The molecule has 2 aliphatic rings. The van der Waals surface area contributed by atoms with Gasteiger partial charge in [0.25, 0.3) is 0 Å². The Morgan fingerprint density at radius 3 is 2.67 bits per heavy atom. The Balaban J connectivity index is 1.66. The van der Waals surface area contributed by atoms with Crippen molar-refractivity contribution >= 4 is 0 Å². The van der Waals surface area contributed by atoms with Gasteiger partial charge < -0.3 is 20.1 Å². The third kappa shape index (κ3) is 3.07. The molecule has 2 N–H and O–H groups in total. The number of methoxy groups -OCH3 is 1. The Morgan fingerprint density at radius 1 is 1.29 bits per heavy atom. The molecule has 1 aromatic carbocycles. The van der Waals surface area contributed by atoms with Crippen molar-refractivity contribution in [2.24, 2.45) is 5.41 Å². The smallest absolute Gasteiger partial charge is 0.118 e.